The summed E-state index contributed by atoms with van der Waals surface area (Å²) in [5, 5.41) is 1.16. The number of hydrogen-bond donors (Lipinski definition) is 1. The Morgan fingerprint density at radius 2 is 2.00 bits per heavy atom. The van der Waals surface area contributed by atoms with Crippen LogP contribution in [0.15, 0.2) is 18.2 Å². The number of aryl methyl sites for hydroxylation is 2. The van der Waals surface area contributed by atoms with E-state index in [1.807, 2.05) is 18.2 Å². The fourth-order valence-electron chi connectivity index (χ4n) is 1.58. The summed E-state index contributed by atoms with van der Waals surface area (Å²) >= 11 is 0. The zero-order valence-electron chi connectivity index (χ0n) is 7.31. The largest absolute Gasteiger partial charge is 0.358 e. The Balaban J connectivity index is 2.97. The Morgan fingerprint density at radius 1 is 1.25 bits per heavy atom. The maximum Gasteiger partial charge on any atom is 0.114 e. The van der Waals surface area contributed by atoms with Crippen molar-refractivity contribution in [2.45, 2.75) is 13.8 Å². The molecule has 0 bridgehead atoms. The lowest BCUT2D eigenvalue weighted by atomic mass is 9.91. The Labute approximate surface area is 73.2 Å². The molecule has 0 aliphatic heterocycles. The van der Waals surface area contributed by atoms with Gasteiger partial charge in [0, 0.05) is 11.2 Å². The molecule has 0 aliphatic carbocycles. The lowest BCUT2D eigenvalue weighted by Gasteiger charge is -1.96. The van der Waals surface area contributed by atoms with Crippen LogP contribution in [0.2, 0.25) is 0 Å². The van der Waals surface area contributed by atoms with Gasteiger partial charge >= 0.3 is 0 Å². The summed E-state index contributed by atoms with van der Waals surface area (Å²) in [6.45, 7) is 4.15. The van der Waals surface area contributed by atoms with Gasteiger partial charge in [-0.3, -0.25) is 0 Å². The minimum atomic E-state index is 0.856. The van der Waals surface area contributed by atoms with E-state index in [-0.39, 0.29) is 0 Å². The van der Waals surface area contributed by atoms with Crippen LogP contribution < -0.4 is 5.46 Å². The summed E-state index contributed by atoms with van der Waals surface area (Å²) in [6.07, 6.45) is 0. The average Bonchev–Trinajstić information content (AvgIpc) is 2.29. The van der Waals surface area contributed by atoms with E-state index in [9.17, 15) is 0 Å². The molecule has 0 aliphatic rings. The first-order chi connectivity index (χ1) is 5.70. The number of aromatic nitrogens is 1. The standard InChI is InChI=1S/C10H10BN/c1-6-7(2)12-9-5-3-4-8(11)10(6)9/h3-5,12H,1-2H3. The van der Waals surface area contributed by atoms with Gasteiger partial charge in [0.2, 0.25) is 0 Å². The van der Waals surface area contributed by atoms with Gasteiger partial charge in [-0.2, -0.15) is 0 Å². The SMILES string of the molecule is [B]c1cccc2[nH]c(C)c(C)c12. The lowest BCUT2D eigenvalue weighted by Crippen LogP contribution is -2.02. The molecule has 1 heterocycles. The molecule has 1 aromatic heterocycles. The maximum atomic E-state index is 5.85. The van der Waals surface area contributed by atoms with Gasteiger partial charge in [0.05, 0.1) is 0 Å². The molecular weight excluding hydrogens is 145 g/mol. The fraction of sp³-hybridized carbons (Fsp3) is 0.200. The number of H-pyrrole nitrogens is 1. The topological polar surface area (TPSA) is 15.8 Å². The van der Waals surface area contributed by atoms with Crippen molar-refractivity contribution in [2.24, 2.45) is 0 Å². The van der Waals surface area contributed by atoms with Crippen molar-refractivity contribution in [3.63, 3.8) is 0 Å². The van der Waals surface area contributed by atoms with Crippen molar-refractivity contribution in [3.8, 4) is 0 Å². The van der Waals surface area contributed by atoms with Gasteiger partial charge in [0.1, 0.15) is 7.85 Å². The smallest absolute Gasteiger partial charge is 0.114 e. The highest BCUT2D eigenvalue weighted by Crippen LogP contribution is 2.18. The summed E-state index contributed by atoms with van der Waals surface area (Å²) in [5.74, 6) is 0. The van der Waals surface area contributed by atoms with E-state index in [2.05, 4.69) is 18.8 Å². The summed E-state index contributed by atoms with van der Waals surface area (Å²) in [5.41, 5.74) is 4.44. The highest BCUT2D eigenvalue weighted by Gasteiger charge is 2.04. The minimum absolute atomic E-state index is 0.856. The molecule has 0 saturated carbocycles. The van der Waals surface area contributed by atoms with E-state index in [4.69, 9.17) is 7.85 Å². The number of fused-ring (bicyclic) bond motifs is 1. The molecule has 0 atom stereocenters. The van der Waals surface area contributed by atoms with Crippen LogP contribution in [-0.4, -0.2) is 12.8 Å². The first-order valence-electron chi connectivity index (χ1n) is 4.03. The maximum absolute atomic E-state index is 5.85. The van der Waals surface area contributed by atoms with Gasteiger partial charge in [-0.1, -0.05) is 17.6 Å². The molecule has 0 unspecified atom stereocenters. The second-order valence-electron chi connectivity index (χ2n) is 3.14. The highest BCUT2D eigenvalue weighted by atomic mass is 14.7. The van der Waals surface area contributed by atoms with Crippen molar-refractivity contribution in [3.05, 3.63) is 29.5 Å². The molecule has 1 N–H and O–H groups in total. The number of aromatic amines is 1. The van der Waals surface area contributed by atoms with E-state index >= 15 is 0 Å². The Bertz CT molecular complexity index is 429. The third-order valence-corrected chi connectivity index (χ3v) is 2.36. The molecule has 2 radical (unpaired) electrons. The van der Waals surface area contributed by atoms with Gasteiger partial charge in [0.15, 0.2) is 0 Å². The normalized spacial score (nSPS) is 10.8. The molecule has 0 fully saturated rings. The first kappa shape index (κ1) is 7.47. The van der Waals surface area contributed by atoms with Crippen LogP contribution in [-0.2, 0) is 0 Å². The van der Waals surface area contributed by atoms with Crippen LogP contribution >= 0.6 is 0 Å². The van der Waals surface area contributed by atoms with E-state index in [0.29, 0.717) is 0 Å². The van der Waals surface area contributed by atoms with Crippen LogP contribution in [0.5, 0.6) is 0 Å². The Hall–Kier alpha value is -1.18. The molecule has 1 nitrogen and oxygen atoms in total. The van der Waals surface area contributed by atoms with Crippen LogP contribution in [0, 0.1) is 13.8 Å². The number of benzene rings is 1. The summed E-state index contributed by atoms with van der Waals surface area (Å²) in [7, 11) is 5.85. The number of hydrogen-bond acceptors (Lipinski definition) is 0. The van der Waals surface area contributed by atoms with Crippen molar-refractivity contribution < 1.29 is 0 Å². The number of nitrogens with one attached hydrogen (secondary N) is 1. The molecule has 58 valence electrons. The molecule has 2 rings (SSSR count). The van der Waals surface area contributed by atoms with E-state index in [1.54, 1.807) is 0 Å². The fourth-order valence-corrected chi connectivity index (χ4v) is 1.58. The van der Waals surface area contributed by atoms with Gasteiger partial charge < -0.3 is 4.98 Å². The molecule has 1 aromatic carbocycles. The highest BCUT2D eigenvalue weighted by molar-refractivity contribution is 6.39. The van der Waals surface area contributed by atoms with Crippen molar-refractivity contribution in [2.75, 3.05) is 0 Å². The molecular formula is C10H10BN. The summed E-state index contributed by atoms with van der Waals surface area (Å²) in [4.78, 5) is 3.29. The lowest BCUT2D eigenvalue weighted by molar-refractivity contribution is 1.25. The molecule has 12 heavy (non-hydrogen) atoms. The monoisotopic (exact) mass is 155 g/mol. The molecule has 2 aromatic rings. The van der Waals surface area contributed by atoms with Crippen molar-refractivity contribution >= 4 is 24.2 Å². The second-order valence-corrected chi connectivity index (χ2v) is 3.14. The second kappa shape index (κ2) is 2.41. The number of rotatable bonds is 0. The minimum Gasteiger partial charge on any atom is -0.358 e. The Morgan fingerprint density at radius 3 is 2.67 bits per heavy atom. The Kier molecular flexibility index (Phi) is 1.50. The predicted octanol–water partition coefficient (Wildman–Crippen LogP) is 1.58. The predicted molar refractivity (Wildman–Crippen MR) is 53.2 cm³/mol. The van der Waals surface area contributed by atoms with E-state index in [0.717, 1.165) is 16.4 Å². The average molecular weight is 155 g/mol. The molecule has 0 saturated heterocycles. The third kappa shape index (κ3) is 0.877. The van der Waals surface area contributed by atoms with Gasteiger partial charge in [-0.15, -0.1) is 0 Å². The van der Waals surface area contributed by atoms with Gasteiger partial charge in [-0.25, -0.2) is 0 Å². The summed E-state index contributed by atoms with van der Waals surface area (Å²) < 4.78 is 0. The van der Waals surface area contributed by atoms with E-state index < -0.39 is 0 Å². The van der Waals surface area contributed by atoms with Gasteiger partial charge in [0.25, 0.3) is 0 Å². The van der Waals surface area contributed by atoms with E-state index in [1.165, 1.54) is 11.3 Å². The molecule has 2 heteroatoms. The van der Waals surface area contributed by atoms with Crippen LogP contribution in [0.3, 0.4) is 0 Å². The van der Waals surface area contributed by atoms with Crippen LogP contribution in [0.1, 0.15) is 11.3 Å². The molecule has 0 amide bonds. The zero-order chi connectivity index (χ0) is 8.72. The quantitative estimate of drug-likeness (QED) is 0.556. The van der Waals surface area contributed by atoms with Crippen molar-refractivity contribution in [1.82, 2.24) is 4.98 Å². The zero-order valence-corrected chi connectivity index (χ0v) is 7.31. The van der Waals surface area contributed by atoms with Crippen LogP contribution in [0.4, 0.5) is 0 Å². The molecule has 0 spiro atoms. The van der Waals surface area contributed by atoms with Gasteiger partial charge in [-0.05, 0) is 30.9 Å². The first-order valence-corrected chi connectivity index (χ1v) is 4.03. The van der Waals surface area contributed by atoms with Crippen molar-refractivity contribution in [1.29, 1.82) is 0 Å². The summed E-state index contributed by atoms with van der Waals surface area (Å²) in [6, 6.07) is 5.95. The third-order valence-electron chi connectivity index (χ3n) is 2.36. The van der Waals surface area contributed by atoms with Crippen LogP contribution in [0.25, 0.3) is 10.9 Å².